The maximum atomic E-state index is 14.9. The van der Waals surface area contributed by atoms with Crippen LogP contribution in [0.3, 0.4) is 0 Å². The molecule has 2 aliphatic heterocycles. The fraction of sp³-hybridized carbons (Fsp3) is 0.407. The SMILES string of the molecule is CC(Nc1nn2ncnc2c2ccc(N3CCN(C(=O)C4COC4)CC3C)cc12)c1cccc(C(F)F)c1F. The highest BCUT2D eigenvalue weighted by Gasteiger charge is 2.34. The number of aromatic nitrogens is 4. The van der Waals surface area contributed by atoms with Crippen LogP contribution in [0.5, 0.6) is 0 Å². The van der Waals surface area contributed by atoms with Crippen LogP contribution in [0.1, 0.15) is 37.4 Å². The number of nitrogens with one attached hydrogen (secondary N) is 1. The molecule has 1 amide bonds. The number of fused-ring (bicyclic) bond motifs is 3. The first-order chi connectivity index (χ1) is 18.8. The Morgan fingerprint density at radius 2 is 1.92 bits per heavy atom. The monoisotopic (exact) mass is 539 g/mol. The zero-order chi connectivity index (χ0) is 27.3. The number of halogens is 3. The second kappa shape index (κ2) is 9.99. The summed E-state index contributed by atoms with van der Waals surface area (Å²) in [7, 11) is 0. The number of anilines is 2. The average Bonchev–Trinajstić information content (AvgIpc) is 3.36. The van der Waals surface area contributed by atoms with Gasteiger partial charge in [-0.2, -0.15) is 0 Å². The van der Waals surface area contributed by atoms with Gasteiger partial charge in [0.25, 0.3) is 6.43 Å². The second-order valence-corrected chi connectivity index (χ2v) is 10.1. The van der Waals surface area contributed by atoms with Crippen LogP contribution in [-0.2, 0) is 9.53 Å². The Labute approximate surface area is 222 Å². The minimum absolute atomic E-state index is 0.0390. The Hall–Kier alpha value is -3.93. The summed E-state index contributed by atoms with van der Waals surface area (Å²) in [5.41, 5.74) is 0.987. The summed E-state index contributed by atoms with van der Waals surface area (Å²) in [6.45, 7) is 6.65. The van der Waals surface area contributed by atoms with E-state index in [9.17, 15) is 18.0 Å². The molecular weight excluding hydrogens is 511 g/mol. The number of piperazine rings is 1. The first kappa shape index (κ1) is 25.4. The van der Waals surface area contributed by atoms with E-state index in [0.29, 0.717) is 44.3 Å². The molecule has 4 aromatic rings. The number of hydrogen-bond acceptors (Lipinski definition) is 7. The van der Waals surface area contributed by atoms with Crippen LogP contribution in [0.25, 0.3) is 16.4 Å². The molecule has 6 rings (SSSR count). The molecule has 0 bridgehead atoms. The fourth-order valence-electron chi connectivity index (χ4n) is 5.38. The number of hydrogen-bond donors (Lipinski definition) is 1. The summed E-state index contributed by atoms with van der Waals surface area (Å²) in [4.78, 5) is 21.2. The van der Waals surface area contributed by atoms with E-state index in [4.69, 9.17) is 4.74 Å². The van der Waals surface area contributed by atoms with Gasteiger partial charge in [-0.15, -0.1) is 14.8 Å². The number of alkyl halides is 2. The molecule has 2 fully saturated rings. The van der Waals surface area contributed by atoms with Gasteiger partial charge in [-0.25, -0.2) is 18.2 Å². The fourth-order valence-corrected chi connectivity index (χ4v) is 5.38. The van der Waals surface area contributed by atoms with Gasteiger partial charge >= 0.3 is 0 Å². The highest BCUT2D eigenvalue weighted by Crippen LogP contribution is 2.34. The normalized spacial score (nSPS) is 19.1. The minimum atomic E-state index is -2.91. The van der Waals surface area contributed by atoms with Crippen LogP contribution < -0.4 is 10.2 Å². The lowest BCUT2D eigenvalue weighted by Gasteiger charge is -2.43. The van der Waals surface area contributed by atoms with Crippen LogP contribution in [0.2, 0.25) is 0 Å². The Morgan fingerprint density at radius 1 is 1.13 bits per heavy atom. The molecule has 4 heterocycles. The van der Waals surface area contributed by atoms with Crippen LogP contribution >= 0.6 is 0 Å². The maximum absolute atomic E-state index is 14.9. The van der Waals surface area contributed by atoms with Gasteiger partial charge in [-0.05, 0) is 32.0 Å². The van der Waals surface area contributed by atoms with Crippen molar-refractivity contribution in [3.05, 3.63) is 59.7 Å². The molecule has 0 aliphatic carbocycles. The van der Waals surface area contributed by atoms with Crippen molar-refractivity contribution in [3.8, 4) is 0 Å². The Balaban J connectivity index is 1.32. The zero-order valence-corrected chi connectivity index (χ0v) is 21.5. The van der Waals surface area contributed by atoms with Crippen molar-refractivity contribution in [3.63, 3.8) is 0 Å². The molecule has 12 heteroatoms. The quantitative estimate of drug-likeness (QED) is 0.393. The smallest absolute Gasteiger partial charge is 0.266 e. The highest BCUT2D eigenvalue weighted by molar-refractivity contribution is 6.01. The molecule has 39 heavy (non-hydrogen) atoms. The summed E-state index contributed by atoms with van der Waals surface area (Å²) < 4.78 is 48.1. The molecule has 2 aromatic carbocycles. The Kier molecular flexibility index (Phi) is 6.49. The van der Waals surface area contributed by atoms with Crippen LogP contribution in [0, 0.1) is 11.7 Å². The van der Waals surface area contributed by atoms with Gasteiger partial charge in [0, 0.05) is 47.7 Å². The van der Waals surface area contributed by atoms with Crippen molar-refractivity contribution in [2.75, 3.05) is 43.1 Å². The predicted molar refractivity (Wildman–Crippen MR) is 139 cm³/mol. The molecule has 2 aromatic heterocycles. The first-order valence-electron chi connectivity index (χ1n) is 12.9. The van der Waals surface area contributed by atoms with E-state index in [2.05, 4.69) is 32.3 Å². The number of amides is 1. The first-order valence-corrected chi connectivity index (χ1v) is 12.9. The minimum Gasteiger partial charge on any atom is -0.380 e. The van der Waals surface area contributed by atoms with E-state index < -0.39 is 23.8 Å². The van der Waals surface area contributed by atoms with Crippen molar-refractivity contribution in [1.82, 2.24) is 24.7 Å². The number of carbonyl (C=O) groups excluding carboxylic acids is 1. The molecule has 2 saturated heterocycles. The van der Waals surface area contributed by atoms with Crippen LogP contribution in [-0.4, -0.2) is 69.5 Å². The molecule has 0 radical (unpaired) electrons. The summed E-state index contributed by atoms with van der Waals surface area (Å²) in [6, 6.07) is 9.35. The second-order valence-electron chi connectivity index (χ2n) is 10.1. The Bertz CT molecular complexity index is 1540. The van der Waals surface area contributed by atoms with Crippen LogP contribution in [0.15, 0.2) is 42.7 Å². The van der Waals surface area contributed by atoms with Crippen molar-refractivity contribution >= 4 is 33.8 Å². The van der Waals surface area contributed by atoms with E-state index in [-0.39, 0.29) is 23.4 Å². The maximum Gasteiger partial charge on any atom is 0.266 e. The van der Waals surface area contributed by atoms with Gasteiger partial charge in [-0.1, -0.05) is 18.2 Å². The summed E-state index contributed by atoms with van der Waals surface area (Å²) in [5, 5.41) is 13.5. The lowest BCUT2D eigenvalue weighted by atomic mass is 10.0. The summed E-state index contributed by atoms with van der Waals surface area (Å²) >= 11 is 0. The van der Waals surface area contributed by atoms with Gasteiger partial charge in [0.15, 0.2) is 11.5 Å². The van der Waals surface area contributed by atoms with Gasteiger partial charge in [0.1, 0.15) is 12.1 Å². The molecule has 1 N–H and O–H groups in total. The summed E-state index contributed by atoms with van der Waals surface area (Å²) in [5.74, 6) is -0.407. The van der Waals surface area contributed by atoms with Gasteiger partial charge in [-0.3, -0.25) is 4.79 Å². The highest BCUT2D eigenvalue weighted by atomic mass is 19.3. The van der Waals surface area contributed by atoms with Crippen molar-refractivity contribution < 1.29 is 22.7 Å². The molecule has 2 unspecified atom stereocenters. The number of ether oxygens (including phenoxy) is 1. The standard InChI is InChI=1S/C27H28F3N7O2/c1-15-11-35(27(38)17-12-39-13-17)8-9-36(15)18-6-7-20-22(10-18)25(34-37-26(20)31-14-32-37)33-16(2)19-4-3-5-21(23(19)28)24(29)30/h3-7,10,14-17,24H,8-9,11-13H2,1-2H3,(H,33,34). The number of nitrogens with zero attached hydrogens (tertiary/aromatic N) is 6. The molecule has 0 saturated carbocycles. The van der Waals surface area contributed by atoms with Crippen molar-refractivity contribution in [2.45, 2.75) is 32.4 Å². The largest absolute Gasteiger partial charge is 0.380 e. The zero-order valence-electron chi connectivity index (χ0n) is 21.5. The van der Waals surface area contributed by atoms with Crippen molar-refractivity contribution in [1.29, 1.82) is 0 Å². The predicted octanol–water partition coefficient (Wildman–Crippen LogP) is 4.21. The van der Waals surface area contributed by atoms with E-state index in [1.165, 1.54) is 23.1 Å². The molecule has 0 spiro atoms. The third kappa shape index (κ3) is 4.52. The third-order valence-corrected chi connectivity index (χ3v) is 7.60. The molecule has 9 nitrogen and oxygen atoms in total. The lowest BCUT2D eigenvalue weighted by molar-refractivity contribution is -0.150. The average molecular weight is 540 g/mol. The molecular formula is C27H28F3N7O2. The third-order valence-electron chi connectivity index (χ3n) is 7.60. The van der Waals surface area contributed by atoms with E-state index in [1.807, 2.05) is 23.1 Å². The van der Waals surface area contributed by atoms with E-state index in [0.717, 1.165) is 22.5 Å². The van der Waals surface area contributed by atoms with Gasteiger partial charge < -0.3 is 19.9 Å². The van der Waals surface area contributed by atoms with Crippen LogP contribution in [0.4, 0.5) is 24.7 Å². The summed E-state index contributed by atoms with van der Waals surface area (Å²) in [6.07, 6.45) is -1.51. The number of benzene rings is 2. The van der Waals surface area contributed by atoms with E-state index in [1.54, 1.807) is 6.92 Å². The van der Waals surface area contributed by atoms with Crippen molar-refractivity contribution in [2.24, 2.45) is 5.92 Å². The molecule has 204 valence electrons. The lowest BCUT2D eigenvalue weighted by Crippen LogP contribution is -2.56. The van der Waals surface area contributed by atoms with Gasteiger partial charge in [0.05, 0.1) is 30.7 Å². The Morgan fingerprint density at radius 3 is 2.64 bits per heavy atom. The number of rotatable bonds is 6. The molecule has 2 aliphatic rings. The topological polar surface area (TPSA) is 87.9 Å². The van der Waals surface area contributed by atoms with Gasteiger partial charge in [0.2, 0.25) is 5.91 Å². The van der Waals surface area contributed by atoms with E-state index >= 15 is 0 Å². The molecule has 2 atom stereocenters. The number of carbonyl (C=O) groups is 1.